The van der Waals surface area contributed by atoms with Crippen LogP contribution in [0, 0.1) is 10.1 Å². The fourth-order valence-electron chi connectivity index (χ4n) is 2.90. The summed E-state index contributed by atoms with van der Waals surface area (Å²) >= 11 is 0. The van der Waals surface area contributed by atoms with E-state index in [4.69, 9.17) is 0 Å². The zero-order valence-electron chi connectivity index (χ0n) is 13.9. The Morgan fingerprint density at radius 3 is 2.52 bits per heavy atom. The van der Waals surface area contributed by atoms with Crippen LogP contribution in [0.1, 0.15) is 0 Å². The molecular formula is C14H17N9O2. The van der Waals surface area contributed by atoms with Crippen LogP contribution in [0.2, 0.25) is 0 Å². The van der Waals surface area contributed by atoms with Gasteiger partial charge >= 0.3 is 5.82 Å². The maximum absolute atomic E-state index is 11.0. The van der Waals surface area contributed by atoms with Crippen molar-refractivity contribution in [3.63, 3.8) is 0 Å². The van der Waals surface area contributed by atoms with E-state index in [1.54, 1.807) is 11.6 Å². The fourth-order valence-corrected chi connectivity index (χ4v) is 2.90. The second-order valence-corrected chi connectivity index (χ2v) is 6.03. The molecule has 1 aliphatic rings. The standard InChI is InChI=1S/C14H17N9O2/c1-19-5-7-21(8-6-19)11-4-3-10-16-17-14(22(10)18-11)13-15-9-12(20(13)2)23(24)25/h3-4,9H,5-8H2,1-2H3. The van der Waals surface area contributed by atoms with Gasteiger partial charge in [-0.25, -0.2) is 9.55 Å². The predicted molar refractivity (Wildman–Crippen MR) is 89.3 cm³/mol. The zero-order chi connectivity index (χ0) is 17.6. The average molecular weight is 343 g/mol. The van der Waals surface area contributed by atoms with E-state index in [9.17, 15) is 10.1 Å². The summed E-state index contributed by atoms with van der Waals surface area (Å²) in [6, 6.07) is 3.76. The Hall–Kier alpha value is -3.08. The zero-order valence-corrected chi connectivity index (χ0v) is 13.9. The van der Waals surface area contributed by atoms with Crippen LogP contribution in [-0.2, 0) is 7.05 Å². The van der Waals surface area contributed by atoms with Gasteiger partial charge < -0.3 is 19.9 Å². The SMILES string of the molecule is CN1CCN(c2ccc3nnc(-c4ncc([N+](=O)[O-])n4C)n3n2)CC1. The molecule has 4 heterocycles. The fraction of sp³-hybridized carbons (Fsp3) is 0.429. The second kappa shape index (κ2) is 5.77. The third-order valence-corrected chi connectivity index (χ3v) is 4.43. The van der Waals surface area contributed by atoms with Crippen LogP contribution in [0.5, 0.6) is 0 Å². The van der Waals surface area contributed by atoms with Gasteiger partial charge in [0.05, 0.1) is 7.05 Å². The summed E-state index contributed by atoms with van der Waals surface area (Å²) in [5, 5.41) is 23.9. The molecule has 4 rings (SSSR count). The predicted octanol–water partition coefficient (Wildman–Crippen LogP) is 0.185. The van der Waals surface area contributed by atoms with Crippen LogP contribution in [0.3, 0.4) is 0 Å². The molecule has 130 valence electrons. The summed E-state index contributed by atoms with van der Waals surface area (Å²) in [4.78, 5) is 19.1. The van der Waals surface area contributed by atoms with E-state index in [-0.39, 0.29) is 5.82 Å². The molecule has 0 saturated carbocycles. The van der Waals surface area contributed by atoms with Crippen LogP contribution in [0.15, 0.2) is 18.3 Å². The van der Waals surface area contributed by atoms with Crippen molar-refractivity contribution in [2.75, 3.05) is 38.1 Å². The lowest BCUT2D eigenvalue weighted by molar-refractivity contribution is -0.391. The normalized spacial score (nSPS) is 15.8. The van der Waals surface area contributed by atoms with Gasteiger partial charge in [-0.3, -0.25) is 0 Å². The van der Waals surface area contributed by atoms with Gasteiger partial charge in [0, 0.05) is 26.2 Å². The molecule has 0 atom stereocenters. The van der Waals surface area contributed by atoms with Crippen molar-refractivity contribution in [1.29, 1.82) is 0 Å². The van der Waals surface area contributed by atoms with Gasteiger partial charge in [-0.1, -0.05) is 0 Å². The number of likely N-dealkylation sites (N-methyl/N-ethyl adjacent to an activating group) is 1. The minimum absolute atomic E-state index is 0.109. The number of hydrogen-bond acceptors (Lipinski definition) is 8. The van der Waals surface area contributed by atoms with Gasteiger partial charge in [0.15, 0.2) is 5.65 Å². The molecule has 1 fully saturated rings. The number of piperazine rings is 1. The molecule has 1 aliphatic heterocycles. The second-order valence-electron chi connectivity index (χ2n) is 6.03. The van der Waals surface area contributed by atoms with Crippen molar-refractivity contribution in [1.82, 2.24) is 34.3 Å². The molecule has 0 spiro atoms. The monoisotopic (exact) mass is 343 g/mol. The van der Waals surface area contributed by atoms with Crippen LogP contribution >= 0.6 is 0 Å². The van der Waals surface area contributed by atoms with E-state index in [2.05, 4.69) is 37.1 Å². The molecular weight excluding hydrogens is 326 g/mol. The Labute approximate surface area is 142 Å². The highest BCUT2D eigenvalue weighted by Crippen LogP contribution is 2.22. The highest BCUT2D eigenvalue weighted by molar-refractivity contribution is 5.55. The summed E-state index contributed by atoms with van der Waals surface area (Å²) < 4.78 is 2.96. The van der Waals surface area contributed by atoms with Crippen LogP contribution in [0.4, 0.5) is 11.6 Å². The molecule has 1 saturated heterocycles. The van der Waals surface area contributed by atoms with E-state index >= 15 is 0 Å². The molecule has 11 nitrogen and oxygen atoms in total. The highest BCUT2D eigenvalue weighted by atomic mass is 16.6. The molecule has 0 radical (unpaired) electrons. The largest absolute Gasteiger partial charge is 0.358 e. The molecule has 0 unspecified atom stereocenters. The van der Waals surface area contributed by atoms with E-state index < -0.39 is 4.92 Å². The Balaban J connectivity index is 1.76. The molecule has 3 aromatic heterocycles. The Kier molecular flexibility index (Phi) is 3.57. The third kappa shape index (κ3) is 2.58. The first kappa shape index (κ1) is 15.4. The topological polar surface area (TPSA) is 111 Å². The number of hydrogen-bond donors (Lipinski definition) is 0. The smallest absolute Gasteiger partial charge is 0.343 e. The van der Waals surface area contributed by atoms with Gasteiger partial charge in [-0.15, -0.1) is 15.3 Å². The van der Waals surface area contributed by atoms with Crippen molar-refractivity contribution < 1.29 is 4.92 Å². The summed E-state index contributed by atoms with van der Waals surface area (Å²) in [5.41, 5.74) is 0.568. The Morgan fingerprint density at radius 1 is 1.08 bits per heavy atom. The molecule has 3 aromatic rings. The number of anilines is 1. The maximum atomic E-state index is 11.0. The van der Waals surface area contributed by atoms with Crippen molar-refractivity contribution in [3.05, 3.63) is 28.4 Å². The third-order valence-electron chi connectivity index (χ3n) is 4.43. The van der Waals surface area contributed by atoms with E-state index in [1.807, 2.05) is 12.1 Å². The lowest BCUT2D eigenvalue weighted by Gasteiger charge is -2.32. The minimum atomic E-state index is -0.483. The van der Waals surface area contributed by atoms with Gasteiger partial charge in [-0.05, 0) is 24.1 Å². The number of aromatic nitrogens is 6. The molecule has 0 amide bonds. The number of rotatable bonds is 3. The van der Waals surface area contributed by atoms with Gasteiger partial charge in [0.2, 0.25) is 5.82 Å². The molecule has 0 N–H and O–H groups in total. The van der Waals surface area contributed by atoms with E-state index in [0.29, 0.717) is 17.3 Å². The van der Waals surface area contributed by atoms with Gasteiger partial charge in [-0.2, -0.15) is 4.52 Å². The minimum Gasteiger partial charge on any atom is -0.358 e. The van der Waals surface area contributed by atoms with Crippen LogP contribution in [-0.4, -0.2) is 72.4 Å². The molecule has 25 heavy (non-hydrogen) atoms. The molecule has 0 aromatic carbocycles. The summed E-state index contributed by atoms with van der Waals surface area (Å²) in [6.45, 7) is 3.72. The number of fused-ring (bicyclic) bond motifs is 1. The maximum Gasteiger partial charge on any atom is 0.343 e. The number of nitro groups is 1. The van der Waals surface area contributed by atoms with Gasteiger partial charge in [0.1, 0.15) is 12.0 Å². The van der Waals surface area contributed by atoms with Crippen molar-refractivity contribution >= 4 is 17.3 Å². The quantitative estimate of drug-likeness (QED) is 0.489. The average Bonchev–Trinajstić information content (AvgIpc) is 3.18. The molecule has 0 aliphatic carbocycles. The molecule has 11 heteroatoms. The van der Waals surface area contributed by atoms with Crippen LogP contribution < -0.4 is 4.90 Å². The van der Waals surface area contributed by atoms with Crippen molar-refractivity contribution in [3.8, 4) is 11.6 Å². The first-order chi connectivity index (χ1) is 12.0. The first-order valence-corrected chi connectivity index (χ1v) is 7.87. The van der Waals surface area contributed by atoms with Crippen molar-refractivity contribution in [2.45, 2.75) is 0 Å². The lowest BCUT2D eigenvalue weighted by Crippen LogP contribution is -2.44. The number of imidazole rings is 1. The lowest BCUT2D eigenvalue weighted by atomic mass is 10.3. The summed E-state index contributed by atoms with van der Waals surface area (Å²) in [6.07, 6.45) is 1.21. The van der Waals surface area contributed by atoms with E-state index in [1.165, 1.54) is 10.8 Å². The van der Waals surface area contributed by atoms with Crippen LogP contribution in [0.25, 0.3) is 17.3 Å². The summed E-state index contributed by atoms with van der Waals surface area (Å²) in [5.74, 6) is 1.44. The Morgan fingerprint density at radius 2 is 1.84 bits per heavy atom. The van der Waals surface area contributed by atoms with Gasteiger partial charge in [0.25, 0.3) is 5.82 Å². The summed E-state index contributed by atoms with van der Waals surface area (Å²) in [7, 11) is 3.67. The Bertz CT molecular complexity index is 939. The highest BCUT2D eigenvalue weighted by Gasteiger charge is 2.24. The first-order valence-electron chi connectivity index (χ1n) is 7.87. The van der Waals surface area contributed by atoms with E-state index in [0.717, 1.165) is 32.0 Å². The molecule has 0 bridgehead atoms. The van der Waals surface area contributed by atoms with Crippen molar-refractivity contribution in [2.24, 2.45) is 7.05 Å². The number of nitrogens with zero attached hydrogens (tertiary/aromatic N) is 9.